The Morgan fingerprint density at radius 1 is 1.42 bits per heavy atom. The van der Waals surface area contributed by atoms with Crippen LogP contribution in [0.2, 0.25) is 0 Å². The lowest BCUT2D eigenvalue weighted by Crippen LogP contribution is -2.28. The molecule has 0 saturated carbocycles. The van der Waals surface area contributed by atoms with Crippen molar-refractivity contribution >= 4 is 23.7 Å². The van der Waals surface area contributed by atoms with E-state index in [1.807, 2.05) is 24.3 Å². The summed E-state index contributed by atoms with van der Waals surface area (Å²) in [7, 11) is 3.15. The van der Waals surface area contributed by atoms with Gasteiger partial charge in [-0.25, -0.2) is 0 Å². The van der Waals surface area contributed by atoms with Gasteiger partial charge in [0.25, 0.3) is 5.91 Å². The van der Waals surface area contributed by atoms with Crippen molar-refractivity contribution in [2.24, 2.45) is 0 Å². The van der Waals surface area contributed by atoms with Crippen LogP contribution in [0.5, 0.6) is 11.5 Å². The second-order valence-electron chi connectivity index (χ2n) is 6.13. The summed E-state index contributed by atoms with van der Waals surface area (Å²) in [5.41, 5.74) is 2.83. The number of carbonyl (C=O) groups excluding carboxylic acids is 2. The zero-order chi connectivity index (χ0) is 18.3. The average Bonchev–Trinajstić information content (AvgIpc) is 3.09. The van der Waals surface area contributed by atoms with Crippen LogP contribution in [-0.4, -0.2) is 42.8 Å². The summed E-state index contributed by atoms with van der Waals surface area (Å²) in [4.78, 5) is 24.3. The zero-order valence-corrected chi connectivity index (χ0v) is 14.4. The Hall–Kier alpha value is -3.29. The maximum Gasteiger partial charge on any atom is 0.269 e. The van der Waals surface area contributed by atoms with Gasteiger partial charge in [-0.1, -0.05) is 12.1 Å². The van der Waals surface area contributed by atoms with Gasteiger partial charge in [-0.3, -0.25) is 14.7 Å². The molecule has 0 unspecified atom stereocenters. The number of hydrogen-bond acceptors (Lipinski definition) is 5. The number of rotatable bonds is 3. The number of nitrogens with zero attached hydrogens (tertiary/aromatic N) is 1. The quantitative estimate of drug-likeness (QED) is 0.778. The van der Waals surface area contributed by atoms with Crippen LogP contribution in [0.4, 0.5) is 5.82 Å². The maximum absolute atomic E-state index is 12.2. The minimum absolute atomic E-state index is 0.144. The number of nitrogens with one attached hydrogen (secondary N) is 3. The summed E-state index contributed by atoms with van der Waals surface area (Å²) in [5, 5.41) is 12.1. The summed E-state index contributed by atoms with van der Waals surface area (Å²) >= 11 is 0. The molecule has 2 aromatic rings. The molecule has 1 aromatic carbocycles. The molecule has 3 heterocycles. The van der Waals surface area contributed by atoms with E-state index in [2.05, 4.69) is 20.8 Å². The topological polar surface area (TPSA) is 105 Å². The van der Waals surface area contributed by atoms with Crippen LogP contribution < -0.4 is 20.1 Å². The van der Waals surface area contributed by atoms with E-state index in [4.69, 9.17) is 9.47 Å². The summed E-state index contributed by atoms with van der Waals surface area (Å²) in [5.74, 6) is 1.02. The normalized spacial score (nSPS) is 18.0. The molecule has 8 heteroatoms. The second kappa shape index (κ2) is 6.21. The highest BCUT2D eigenvalue weighted by molar-refractivity contribution is 6.00. The number of hydrogen-bond donors (Lipinski definition) is 3. The lowest BCUT2D eigenvalue weighted by molar-refractivity contribution is -0.116. The Balaban J connectivity index is 1.80. The van der Waals surface area contributed by atoms with Gasteiger partial charge in [-0.05, 0) is 17.7 Å². The van der Waals surface area contributed by atoms with E-state index in [0.29, 0.717) is 35.2 Å². The van der Waals surface area contributed by atoms with Crippen LogP contribution in [-0.2, 0) is 4.79 Å². The van der Waals surface area contributed by atoms with Crippen molar-refractivity contribution in [3.63, 3.8) is 0 Å². The van der Waals surface area contributed by atoms with Crippen LogP contribution in [0.1, 0.15) is 34.0 Å². The fraction of sp³-hybridized carbons (Fsp3) is 0.278. The first-order valence-corrected chi connectivity index (χ1v) is 8.22. The Morgan fingerprint density at radius 3 is 3.04 bits per heavy atom. The van der Waals surface area contributed by atoms with E-state index in [1.54, 1.807) is 14.2 Å². The van der Waals surface area contributed by atoms with Gasteiger partial charge in [0.15, 0.2) is 17.3 Å². The van der Waals surface area contributed by atoms with Gasteiger partial charge in [0.2, 0.25) is 5.91 Å². The highest BCUT2D eigenvalue weighted by Gasteiger charge is 2.35. The van der Waals surface area contributed by atoms with Crippen LogP contribution in [0.3, 0.4) is 0 Å². The Morgan fingerprint density at radius 2 is 2.27 bits per heavy atom. The zero-order valence-electron chi connectivity index (χ0n) is 14.4. The number of methoxy groups -OCH3 is 1. The fourth-order valence-corrected chi connectivity index (χ4v) is 3.43. The Labute approximate surface area is 149 Å². The Kier molecular flexibility index (Phi) is 3.87. The number of para-hydroxylation sites is 1. The van der Waals surface area contributed by atoms with Gasteiger partial charge in [0.05, 0.1) is 7.11 Å². The number of aromatic nitrogens is 2. The van der Waals surface area contributed by atoms with Gasteiger partial charge in [0, 0.05) is 30.5 Å². The standard InChI is InChI=1S/C18H18N4O4/c1-19-18(24)15-14-11(7-13(23)20-17(14)22-21-15)10-6-9-4-3-5-12(25-2)16(9)26-8-10/h3-6,11H,7-8H2,1-2H3,(H,19,24)(H2,20,21,22,23)/t11-/m1/s1. The van der Waals surface area contributed by atoms with Gasteiger partial charge in [-0.2, -0.15) is 5.10 Å². The minimum atomic E-state index is -0.288. The molecular weight excluding hydrogens is 336 g/mol. The largest absolute Gasteiger partial charge is 0.493 e. The third kappa shape index (κ3) is 2.50. The summed E-state index contributed by atoms with van der Waals surface area (Å²) in [6.07, 6.45) is 2.22. The van der Waals surface area contributed by atoms with Gasteiger partial charge >= 0.3 is 0 Å². The van der Waals surface area contributed by atoms with Crippen molar-refractivity contribution in [2.75, 3.05) is 26.1 Å². The molecular formula is C18H18N4O4. The number of amides is 2. The van der Waals surface area contributed by atoms with E-state index in [-0.39, 0.29) is 24.2 Å². The average molecular weight is 354 g/mol. The van der Waals surface area contributed by atoms with E-state index < -0.39 is 0 Å². The van der Waals surface area contributed by atoms with Crippen molar-refractivity contribution in [1.29, 1.82) is 0 Å². The highest BCUT2D eigenvalue weighted by Crippen LogP contribution is 2.43. The van der Waals surface area contributed by atoms with Crippen LogP contribution in [0.25, 0.3) is 6.08 Å². The number of benzene rings is 1. The number of aromatic amines is 1. The smallest absolute Gasteiger partial charge is 0.269 e. The number of fused-ring (bicyclic) bond motifs is 2. The van der Waals surface area contributed by atoms with Gasteiger partial charge < -0.3 is 20.1 Å². The van der Waals surface area contributed by atoms with Crippen LogP contribution in [0.15, 0.2) is 23.8 Å². The summed E-state index contributed by atoms with van der Waals surface area (Å²) in [6.45, 7) is 0.309. The minimum Gasteiger partial charge on any atom is -0.493 e. The molecule has 4 rings (SSSR count). The first-order valence-electron chi connectivity index (χ1n) is 8.22. The maximum atomic E-state index is 12.2. The van der Waals surface area contributed by atoms with Gasteiger partial charge in [-0.15, -0.1) is 0 Å². The molecule has 1 atom stereocenters. The SMILES string of the molecule is CNC(=O)c1[nH]nc2c1[C@@H](C1=Cc3cccc(OC)c3OC1)CC(=O)N2. The number of anilines is 1. The second-order valence-corrected chi connectivity index (χ2v) is 6.13. The molecule has 2 amide bonds. The monoisotopic (exact) mass is 354 g/mol. The predicted octanol–water partition coefficient (Wildman–Crippen LogP) is 1.68. The van der Waals surface area contributed by atoms with Crippen molar-refractivity contribution in [3.8, 4) is 11.5 Å². The molecule has 26 heavy (non-hydrogen) atoms. The number of ether oxygens (including phenoxy) is 2. The fourth-order valence-electron chi connectivity index (χ4n) is 3.43. The predicted molar refractivity (Wildman–Crippen MR) is 94.4 cm³/mol. The first kappa shape index (κ1) is 16.2. The molecule has 2 aliphatic rings. The molecule has 0 saturated heterocycles. The van der Waals surface area contributed by atoms with Crippen LogP contribution in [0, 0.1) is 0 Å². The van der Waals surface area contributed by atoms with E-state index in [1.165, 1.54) is 0 Å². The van der Waals surface area contributed by atoms with Crippen molar-refractivity contribution in [3.05, 3.63) is 40.6 Å². The van der Waals surface area contributed by atoms with Crippen LogP contribution >= 0.6 is 0 Å². The number of H-pyrrole nitrogens is 1. The lowest BCUT2D eigenvalue weighted by atomic mass is 9.83. The first-order chi connectivity index (χ1) is 12.6. The third-order valence-corrected chi connectivity index (χ3v) is 4.65. The molecule has 8 nitrogen and oxygen atoms in total. The van der Waals surface area contributed by atoms with Crippen molar-refractivity contribution < 1.29 is 19.1 Å². The van der Waals surface area contributed by atoms with E-state index in [0.717, 1.165) is 11.1 Å². The molecule has 0 bridgehead atoms. The Bertz CT molecular complexity index is 931. The van der Waals surface area contributed by atoms with E-state index >= 15 is 0 Å². The molecule has 2 aliphatic heterocycles. The van der Waals surface area contributed by atoms with Crippen molar-refractivity contribution in [1.82, 2.24) is 15.5 Å². The summed E-state index contributed by atoms with van der Waals surface area (Å²) < 4.78 is 11.2. The molecule has 3 N–H and O–H groups in total. The highest BCUT2D eigenvalue weighted by atomic mass is 16.5. The molecule has 0 spiro atoms. The van der Waals surface area contributed by atoms with Crippen molar-refractivity contribution in [2.45, 2.75) is 12.3 Å². The summed E-state index contributed by atoms with van der Waals surface area (Å²) in [6, 6.07) is 5.65. The molecule has 134 valence electrons. The lowest BCUT2D eigenvalue weighted by Gasteiger charge is -2.28. The molecule has 0 aliphatic carbocycles. The van der Waals surface area contributed by atoms with Gasteiger partial charge in [0.1, 0.15) is 12.3 Å². The molecule has 0 fully saturated rings. The van der Waals surface area contributed by atoms with E-state index in [9.17, 15) is 9.59 Å². The molecule has 0 radical (unpaired) electrons. The number of carbonyl (C=O) groups is 2. The third-order valence-electron chi connectivity index (χ3n) is 4.65. The molecule has 1 aromatic heterocycles.